The van der Waals surface area contributed by atoms with Gasteiger partial charge in [0.1, 0.15) is 0 Å². The maximum Gasteiger partial charge on any atom is 0.238 e. The van der Waals surface area contributed by atoms with Crippen molar-refractivity contribution in [3.05, 3.63) is 24.3 Å². The number of hydrogen-bond donors (Lipinski definition) is 2. The molecule has 72 valence electrons. The average molecular weight is 221 g/mol. The van der Waals surface area contributed by atoms with Crippen molar-refractivity contribution < 1.29 is 16.8 Å². The van der Waals surface area contributed by atoms with E-state index >= 15 is 0 Å². The Hall–Kier alpha value is -0.920. The van der Waals surface area contributed by atoms with Gasteiger partial charge in [0.15, 0.2) is 10.7 Å². The smallest absolute Gasteiger partial charge is 0.227 e. The van der Waals surface area contributed by atoms with Crippen molar-refractivity contribution in [2.45, 2.75) is 9.79 Å². The van der Waals surface area contributed by atoms with Crippen molar-refractivity contribution in [2.24, 2.45) is 5.14 Å². The molecule has 0 aliphatic rings. The molecule has 1 aromatic rings. The van der Waals surface area contributed by atoms with E-state index in [0.717, 1.165) is 12.1 Å². The molecule has 0 aliphatic heterocycles. The summed E-state index contributed by atoms with van der Waals surface area (Å²) in [5.74, 6) is 0. The highest BCUT2D eigenvalue weighted by atomic mass is 32.2. The number of primary sulfonamides is 1. The summed E-state index contributed by atoms with van der Waals surface area (Å²) in [6.45, 7) is 0. The first-order valence-electron chi connectivity index (χ1n) is 3.18. The molecule has 0 radical (unpaired) electrons. The molecule has 0 bridgehead atoms. The second-order valence-electron chi connectivity index (χ2n) is 2.30. The molecule has 0 atom stereocenters. The Labute approximate surface area is 77.2 Å². The lowest BCUT2D eigenvalue weighted by Crippen LogP contribution is -2.11. The summed E-state index contributed by atoms with van der Waals surface area (Å²) < 4.78 is 42.3. The Morgan fingerprint density at radius 2 is 1.54 bits per heavy atom. The molecule has 0 heterocycles. The van der Waals surface area contributed by atoms with Gasteiger partial charge in [0.25, 0.3) is 0 Å². The lowest BCUT2D eigenvalue weighted by molar-refractivity contribution is 0.597. The van der Waals surface area contributed by atoms with Crippen LogP contribution in [0.3, 0.4) is 0 Å². The average Bonchev–Trinajstić information content (AvgIpc) is 2.03. The van der Waals surface area contributed by atoms with Crippen LogP contribution in [0.1, 0.15) is 0 Å². The highest BCUT2D eigenvalue weighted by molar-refractivity contribution is 7.89. The zero-order valence-electron chi connectivity index (χ0n) is 6.38. The number of thiol groups is 1. The molecule has 1 rings (SSSR count). The summed E-state index contributed by atoms with van der Waals surface area (Å²) >= 11 is 0. The second kappa shape index (κ2) is 3.44. The lowest BCUT2D eigenvalue weighted by atomic mass is 10.4. The van der Waals surface area contributed by atoms with Gasteiger partial charge in [0.2, 0.25) is 10.0 Å². The Kier molecular flexibility index (Phi) is 2.69. The van der Waals surface area contributed by atoms with E-state index in [9.17, 15) is 16.8 Å². The van der Waals surface area contributed by atoms with E-state index in [1.54, 1.807) is 0 Å². The van der Waals surface area contributed by atoms with Gasteiger partial charge < -0.3 is 0 Å². The highest BCUT2D eigenvalue weighted by Gasteiger charge is 2.06. The van der Waals surface area contributed by atoms with Crippen LogP contribution in [0.2, 0.25) is 0 Å². The topological polar surface area (TPSA) is 94.3 Å². The van der Waals surface area contributed by atoms with Crippen LogP contribution < -0.4 is 5.14 Å². The minimum atomic E-state index is -3.74. The number of benzene rings is 1. The van der Waals surface area contributed by atoms with E-state index in [-0.39, 0.29) is 9.79 Å². The molecule has 0 saturated heterocycles. The van der Waals surface area contributed by atoms with Crippen molar-refractivity contribution >= 4 is 20.7 Å². The Morgan fingerprint density at radius 3 is 1.85 bits per heavy atom. The molecule has 0 spiro atoms. The predicted octanol–water partition coefficient (Wildman–Crippen LogP) is -0.696. The molecule has 0 saturated carbocycles. The van der Waals surface area contributed by atoms with Gasteiger partial charge in [0, 0.05) is 0 Å². The molecule has 13 heavy (non-hydrogen) atoms. The van der Waals surface area contributed by atoms with Gasteiger partial charge in [-0.25, -0.2) is 22.0 Å². The molecular weight excluding hydrogens is 214 g/mol. The van der Waals surface area contributed by atoms with Gasteiger partial charge >= 0.3 is 0 Å². The Morgan fingerprint density at radius 1 is 1.08 bits per heavy atom. The molecule has 0 amide bonds. The fourth-order valence-electron chi connectivity index (χ4n) is 0.758. The Balaban J connectivity index is 3.23. The number of rotatable bonds is 2. The van der Waals surface area contributed by atoms with Crippen LogP contribution in [0.15, 0.2) is 34.1 Å². The molecule has 0 fully saturated rings. The molecule has 7 heteroatoms. The third-order valence-corrected chi connectivity index (χ3v) is 3.03. The summed E-state index contributed by atoms with van der Waals surface area (Å²) in [5.41, 5.74) is 0. The zero-order chi connectivity index (χ0) is 10.1. The van der Waals surface area contributed by atoms with Gasteiger partial charge in [-0.1, -0.05) is 0 Å². The van der Waals surface area contributed by atoms with Crippen LogP contribution in [-0.4, -0.2) is 16.8 Å². The van der Waals surface area contributed by atoms with Crippen LogP contribution in [0.4, 0.5) is 0 Å². The summed E-state index contributed by atoms with van der Waals surface area (Å²) in [4.78, 5) is -0.0458. The van der Waals surface area contributed by atoms with Gasteiger partial charge in [-0.2, -0.15) is 0 Å². The molecule has 0 aliphatic carbocycles. The molecule has 1 aromatic carbocycles. The van der Waals surface area contributed by atoms with E-state index in [4.69, 9.17) is 5.14 Å². The molecule has 2 N–H and O–H groups in total. The first-order chi connectivity index (χ1) is 5.91. The second-order valence-corrected chi connectivity index (χ2v) is 4.89. The monoisotopic (exact) mass is 221 g/mol. The summed E-state index contributed by atoms with van der Waals surface area (Å²) in [6.07, 6.45) is 0. The van der Waals surface area contributed by atoms with Gasteiger partial charge in [0.05, 0.1) is 9.79 Å². The van der Waals surface area contributed by atoms with Crippen molar-refractivity contribution in [3.8, 4) is 0 Å². The SMILES string of the molecule is NS(=O)(=O)c1ccc([SH](=O)=O)cc1. The van der Waals surface area contributed by atoms with E-state index in [1.165, 1.54) is 12.1 Å². The maximum atomic E-state index is 10.7. The van der Waals surface area contributed by atoms with Gasteiger partial charge in [-0.15, -0.1) is 0 Å². The van der Waals surface area contributed by atoms with Crippen LogP contribution >= 0.6 is 0 Å². The van der Waals surface area contributed by atoms with E-state index in [0.29, 0.717) is 0 Å². The molecule has 5 nitrogen and oxygen atoms in total. The summed E-state index contributed by atoms with van der Waals surface area (Å²) in [5, 5.41) is 4.80. The molecule has 0 aromatic heterocycles. The van der Waals surface area contributed by atoms with Gasteiger partial charge in [-0.3, -0.25) is 0 Å². The minimum Gasteiger partial charge on any atom is -0.227 e. The third kappa shape index (κ3) is 2.51. The minimum absolute atomic E-state index is 0.0578. The normalized spacial score (nSPS) is 11.8. The van der Waals surface area contributed by atoms with Gasteiger partial charge in [-0.05, 0) is 24.3 Å². The predicted molar refractivity (Wildman–Crippen MR) is 46.4 cm³/mol. The van der Waals surface area contributed by atoms with Crippen LogP contribution in [-0.2, 0) is 20.7 Å². The molecular formula is C6H7NO4S2. The third-order valence-electron chi connectivity index (χ3n) is 1.38. The summed E-state index contributed by atoms with van der Waals surface area (Å²) in [6, 6.07) is 4.67. The van der Waals surface area contributed by atoms with Crippen LogP contribution in [0.5, 0.6) is 0 Å². The van der Waals surface area contributed by atoms with E-state index in [1.807, 2.05) is 0 Å². The van der Waals surface area contributed by atoms with Crippen molar-refractivity contribution in [1.29, 1.82) is 0 Å². The zero-order valence-corrected chi connectivity index (χ0v) is 8.09. The van der Waals surface area contributed by atoms with E-state index in [2.05, 4.69) is 0 Å². The number of hydrogen-bond acceptors (Lipinski definition) is 4. The standard InChI is InChI=1S/C6H7NO4S2/c7-13(10,11)6-3-1-5(2-4-6)12(8)9/h1-4,12H,(H2,7,10,11). The van der Waals surface area contributed by atoms with Crippen LogP contribution in [0, 0.1) is 0 Å². The van der Waals surface area contributed by atoms with Crippen molar-refractivity contribution in [2.75, 3.05) is 0 Å². The Bertz CT molecular complexity index is 464. The van der Waals surface area contributed by atoms with Crippen molar-refractivity contribution in [3.63, 3.8) is 0 Å². The highest BCUT2D eigenvalue weighted by Crippen LogP contribution is 2.08. The van der Waals surface area contributed by atoms with E-state index < -0.39 is 20.7 Å². The number of sulfonamides is 1. The summed E-state index contributed by atoms with van der Waals surface area (Å²) in [7, 11) is -6.42. The fraction of sp³-hybridized carbons (Fsp3) is 0. The largest absolute Gasteiger partial charge is 0.238 e. The maximum absolute atomic E-state index is 10.7. The first kappa shape index (κ1) is 10.2. The van der Waals surface area contributed by atoms with Crippen LogP contribution in [0.25, 0.3) is 0 Å². The first-order valence-corrected chi connectivity index (χ1v) is 5.91. The quantitative estimate of drug-likeness (QED) is 0.646. The molecule has 0 unspecified atom stereocenters. The fourth-order valence-corrected chi connectivity index (χ4v) is 1.67. The number of nitrogens with two attached hydrogens (primary N) is 1. The van der Waals surface area contributed by atoms with Crippen molar-refractivity contribution in [1.82, 2.24) is 0 Å². The lowest BCUT2D eigenvalue weighted by Gasteiger charge is -1.96.